The third-order valence-corrected chi connectivity index (χ3v) is 5.25. The molecule has 1 atom stereocenters. The second-order valence-electron chi connectivity index (χ2n) is 7.88. The van der Waals surface area contributed by atoms with Gasteiger partial charge >= 0.3 is 0 Å². The molecular weight excluding hydrogens is 414 g/mol. The average Bonchev–Trinajstić information content (AvgIpc) is 3.30. The third-order valence-electron chi connectivity index (χ3n) is 5.25. The first-order chi connectivity index (χ1) is 16.2. The van der Waals surface area contributed by atoms with Crippen molar-refractivity contribution in [3.8, 4) is 22.8 Å². The van der Waals surface area contributed by atoms with Crippen molar-refractivity contribution in [2.45, 2.75) is 12.5 Å². The fourth-order valence-electron chi connectivity index (χ4n) is 3.48. The quantitative estimate of drug-likeness (QED) is 0.392. The molecule has 0 bridgehead atoms. The number of nitrogens with one attached hydrogen (secondary N) is 2. The van der Waals surface area contributed by atoms with Gasteiger partial charge in [0.1, 0.15) is 11.9 Å². The van der Waals surface area contributed by atoms with Crippen LogP contribution in [-0.4, -0.2) is 45.6 Å². The molecule has 33 heavy (non-hydrogen) atoms. The van der Waals surface area contributed by atoms with Gasteiger partial charge in [0.2, 0.25) is 5.88 Å². The second-order valence-corrected chi connectivity index (χ2v) is 7.88. The monoisotopic (exact) mass is 443 g/mol. The second kappa shape index (κ2) is 11.2. The molecule has 0 saturated heterocycles. The van der Waals surface area contributed by atoms with E-state index in [1.807, 2.05) is 80.2 Å². The molecule has 0 radical (unpaired) electrons. The van der Waals surface area contributed by atoms with E-state index in [1.54, 1.807) is 16.8 Å². The number of phenolic OH excluding ortho intramolecular Hbond substituents is 1. The Morgan fingerprint density at radius 3 is 2.45 bits per heavy atom. The molecule has 3 N–H and O–H groups in total. The van der Waals surface area contributed by atoms with Crippen molar-refractivity contribution in [3.63, 3.8) is 0 Å². The highest BCUT2D eigenvalue weighted by Gasteiger charge is 2.20. The molecule has 7 nitrogen and oxygen atoms in total. The van der Waals surface area contributed by atoms with E-state index in [1.165, 1.54) is 5.56 Å². The standard InChI is InChI=1S/C20H23N5O2.C6H6/c1-25-13-16(10-24-25)15-8-19-20(23-9-15)27-18(12-22-19)11-21-7-6-14-2-4-17(26)5-3-14;1-2-4-6-5-3-1/h2-5,8-10,13,18,21-22,26H,6-7,11-12H2,1H3;1-6H. The summed E-state index contributed by atoms with van der Waals surface area (Å²) in [5, 5.41) is 20.3. The van der Waals surface area contributed by atoms with Gasteiger partial charge in [0, 0.05) is 37.1 Å². The minimum absolute atomic E-state index is 0.0362. The minimum Gasteiger partial charge on any atom is -0.508 e. The molecule has 2 aromatic heterocycles. The molecule has 5 rings (SSSR count). The fourth-order valence-corrected chi connectivity index (χ4v) is 3.48. The van der Waals surface area contributed by atoms with Gasteiger partial charge in [-0.25, -0.2) is 4.98 Å². The fraction of sp³-hybridized carbons (Fsp3) is 0.231. The number of pyridine rings is 1. The molecule has 7 heteroatoms. The lowest BCUT2D eigenvalue weighted by Gasteiger charge is -2.27. The summed E-state index contributed by atoms with van der Waals surface area (Å²) in [5.41, 5.74) is 4.16. The van der Waals surface area contributed by atoms with Crippen LogP contribution in [0.2, 0.25) is 0 Å². The van der Waals surface area contributed by atoms with Crippen LogP contribution in [0.1, 0.15) is 5.56 Å². The summed E-state index contributed by atoms with van der Waals surface area (Å²) >= 11 is 0. The van der Waals surface area contributed by atoms with E-state index in [0.717, 1.165) is 42.9 Å². The largest absolute Gasteiger partial charge is 0.508 e. The number of nitrogens with zero attached hydrogens (tertiary/aromatic N) is 3. The van der Waals surface area contributed by atoms with Gasteiger partial charge in [-0.05, 0) is 36.7 Å². The topological polar surface area (TPSA) is 84.2 Å². The van der Waals surface area contributed by atoms with Crippen molar-refractivity contribution in [2.24, 2.45) is 7.05 Å². The molecule has 170 valence electrons. The van der Waals surface area contributed by atoms with Crippen LogP contribution < -0.4 is 15.4 Å². The Hall–Kier alpha value is -3.84. The molecular formula is C26H29N5O2. The molecule has 0 spiro atoms. The van der Waals surface area contributed by atoms with E-state index in [9.17, 15) is 5.11 Å². The third kappa shape index (κ3) is 6.57. The van der Waals surface area contributed by atoms with Crippen molar-refractivity contribution < 1.29 is 9.84 Å². The predicted octanol–water partition coefficient (Wildman–Crippen LogP) is 3.88. The highest BCUT2D eigenvalue weighted by atomic mass is 16.5. The summed E-state index contributed by atoms with van der Waals surface area (Å²) in [5.74, 6) is 0.936. The summed E-state index contributed by atoms with van der Waals surface area (Å²) in [4.78, 5) is 4.47. The van der Waals surface area contributed by atoms with Gasteiger partial charge in [-0.3, -0.25) is 4.68 Å². The van der Waals surface area contributed by atoms with Crippen molar-refractivity contribution in [3.05, 3.63) is 90.9 Å². The number of aryl methyl sites for hydroxylation is 1. The van der Waals surface area contributed by atoms with Crippen LogP contribution in [0, 0.1) is 0 Å². The number of ether oxygens (including phenoxy) is 1. The van der Waals surface area contributed by atoms with E-state index >= 15 is 0 Å². The lowest BCUT2D eigenvalue weighted by molar-refractivity contribution is 0.194. The number of aromatic hydroxyl groups is 1. The molecule has 3 heterocycles. The normalized spacial score (nSPS) is 14.3. The van der Waals surface area contributed by atoms with Gasteiger partial charge in [-0.15, -0.1) is 0 Å². The Bertz CT molecular complexity index is 1100. The van der Waals surface area contributed by atoms with Crippen molar-refractivity contribution in [2.75, 3.05) is 25.0 Å². The first-order valence-corrected chi connectivity index (χ1v) is 11.1. The maximum Gasteiger partial charge on any atom is 0.237 e. The van der Waals surface area contributed by atoms with Gasteiger partial charge < -0.3 is 20.5 Å². The van der Waals surface area contributed by atoms with E-state index < -0.39 is 0 Å². The number of hydrogen-bond donors (Lipinski definition) is 3. The molecule has 0 saturated carbocycles. The number of hydrogen-bond acceptors (Lipinski definition) is 6. The molecule has 0 amide bonds. The van der Waals surface area contributed by atoms with Crippen molar-refractivity contribution >= 4 is 5.69 Å². The zero-order valence-corrected chi connectivity index (χ0v) is 18.7. The van der Waals surface area contributed by atoms with Gasteiger partial charge in [0.15, 0.2) is 0 Å². The Balaban J connectivity index is 0.000000376. The lowest BCUT2D eigenvalue weighted by atomic mass is 10.1. The first kappa shape index (κ1) is 22.4. The van der Waals surface area contributed by atoms with Gasteiger partial charge in [-0.1, -0.05) is 48.5 Å². The Morgan fingerprint density at radius 1 is 1.06 bits per heavy atom. The van der Waals surface area contributed by atoms with Crippen LogP contribution in [0.4, 0.5) is 5.69 Å². The van der Waals surface area contributed by atoms with E-state index in [-0.39, 0.29) is 6.10 Å². The number of fused-ring (bicyclic) bond motifs is 1. The summed E-state index contributed by atoms with van der Waals surface area (Å²) in [6.45, 7) is 2.33. The molecule has 1 aliphatic heterocycles. The van der Waals surface area contributed by atoms with Crippen molar-refractivity contribution in [1.82, 2.24) is 20.1 Å². The number of aromatic nitrogens is 3. The van der Waals surface area contributed by atoms with Gasteiger partial charge in [0.05, 0.1) is 18.4 Å². The van der Waals surface area contributed by atoms with Crippen LogP contribution in [-0.2, 0) is 13.5 Å². The molecule has 0 aliphatic carbocycles. The van der Waals surface area contributed by atoms with Gasteiger partial charge in [0.25, 0.3) is 0 Å². The Kier molecular flexibility index (Phi) is 7.56. The summed E-state index contributed by atoms with van der Waals surface area (Å²) in [7, 11) is 1.90. The zero-order chi connectivity index (χ0) is 22.9. The summed E-state index contributed by atoms with van der Waals surface area (Å²) in [6, 6.07) is 21.4. The summed E-state index contributed by atoms with van der Waals surface area (Å²) in [6.07, 6.45) is 6.55. The number of rotatable bonds is 6. The average molecular weight is 444 g/mol. The van der Waals surface area contributed by atoms with Crippen molar-refractivity contribution in [1.29, 1.82) is 0 Å². The van der Waals surface area contributed by atoms with E-state index in [0.29, 0.717) is 11.6 Å². The van der Waals surface area contributed by atoms with Crippen LogP contribution >= 0.6 is 0 Å². The predicted molar refractivity (Wildman–Crippen MR) is 130 cm³/mol. The van der Waals surface area contributed by atoms with Crippen LogP contribution in [0.5, 0.6) is 11.6 Å². The zero-order valence-electron chi connectivity index (χ0n) is 18.7. The Labute approximate surface area is 194 Å². The minimum atomic E-state index is 0.0362. The molecule has 0 fully saturated rings. The summed E-state index contributed by atoms with van der Waals surface area (Å²) < 4.78 is 7.78. The lowest BCUT2D eigenvalue weighted by Crippen LogP contribution is -2.40. The molecule has 1 unspecified atom stereocenters. The number of benzene rings is 2. The molecule has 1 aliphatic rings. The van der Waals surface area contributed by atoms with Crippen LogP contribution in [0.25, 0.3) is 11.1 Å². The maximum absolute atomic E-state index is 9.31. The van der Waals surface area contributed by atoms with E-state index in [2.05, 4.69) is 20.7 Å². The first-order valence-electron chi connectivity index (χ1n) is 11.1. The smallest absolute Gasteiger partial charge is 0.237 e. The van der Waals surface area contributed by atoms with Gasteiger partial charge in [-0.2, -0.15) is 5.10 Å². The number of anilines is 1. The molecule has 2 aromatic carbocycles. The highest BCUT2D eigenvalue weighted by Crippen LogP contribution is 2.30. The SMILES string of the molecule is Cn1cc(-c2cnc3c(c2)NCC(CNCCc2ccc(O)cc2)O3)cn1.c1ccccc1. The van der Waals surface area contributed by atoms with Crippen LogP contribution in [0.15, 0.2) is 85.3 Å². The van der Waals surface area contributed by atoms with Crippen LogP contribution in [0.3, 0.4) is 0 Å². The van der Waals surface area contributed by atoms with E-state index in [4.69, 9.17) is 4.74 Å². The Morgan fingerprint density at radius 2 is 1.79 bits per heavy atom. The number of phenols is 1. The maximum atomic E-state index is 9.31. The molecule has 4 aromatic rings. The highest BCUT2D eigenvalue weighted by molar-refractivity contribution is 5.69.